The van der Waals surface area contributed by atoms with Crippen molar-refractivity contribution < 1.29 is 28.9 Å². The number of furan rings is 1. The maximum atomic E-state index is 15.1. The Morgan fingerprint density at radius 1 is 0.511 bits per heavy atom. The van der Waals surface area contributed by atoms with Crippen molar-refractivity contribution >= 4 is 21.9 Å². The van der Waals surface area contributed by atoms with Gasteiger partial charge in [-0.05, 0) is 52.3 Å². The molecule has 5 aromatic carbocycles. The zero-order valence-corrected chi connectivity index (χ0v) is 26.3. The van der Waals surface area contributed by atoms with Crippen LogP contribution in [0.3, 0.4) is 0 Å². The molecule has 0 N–H and O–H groups in total. The normalized spacial score (nSPS) is 10.6. The first kappa shape index (κ1) is 29.8. The molecule has 8 aromatic rings. The van der Waals surface area contributed by atoms with E-state index in [0.29, 0.717) is 16.7 Å². The Labute approximate surface area is 274 Å². The molecule has 0 unspecified atom stereocenters. The number of halogens is 1. The molecule has 3 aromatic heterocycles. The zero-order chi connectivity index (χ0) is 29.7. The molecule has 0 aliphatic rings. The topological polar surface area (TPSA) is 38.9 Å². The third-order valence-electron chi connectivity index (χ3n) is 7.40. The quantitative estimate of drug-likeness (QED) is 0.168. The monoisotopic (exact) mass is 761 g/mol. The predicted molar refractivity (Wildman–Crippen MR) is 175 cm³/mol. The Balaban J connectivity index is 0.000000231. The van der Waals surface area contributed by atoms with E-state index in [4.69, 9.17) is 4.42 Å². The van der Waals surface area contributed by atoms with E-state index in [2.05, 4.69) is 34.2 Å². The van der Waals surface area contributed by atoms with Crippen molar-refractivity contribution in [1.29, 1.82) is 0 Å². The van der Waals surface area contributed by atoms with Crippen LogP contribution in [-0.2, 0) is 20.1 Å². The van der Waals surface area contributed by atoms with E-state index in [1.54, 1.807) is 18.5 Å². The third kappa shape index (κ3) is 6.23. The summed E-state index contributed by atoms with van der Waals surface area (Å²) < 4.78 is 21.4. The number of hydrogen-bond donors (Lipinski definition) is 0. The molecule has 5 heteroatoms. The van der Waals surface area contributed by atoms with Gasteiger partial charge in [0.15, 0.2) is 0 Å². The van der Waals surface area contributed by atoms with Crippen LogP contribution < -0.4 is 0 Å². The average Bonchev–Trinajstić information content (AvgIpc) is 3.49. The van der Waals surface area contributed by atoms with Crippen LogP contribution in [0, 0.1) is 17.9 Å². The summed E-state index contributed by atoms with van der Waals surface area (Å²) in [5.41, 5.74) is 8.18. The molecule has 8 rings (SSSR count). The minimum Gasteiger partial charge on any atom is -0.500 e. The molecule has 0 saturated heterocycles. The second kappa shape index (κ2) is 13.6. The van der Waals surface area contributed by atoms with E-state index in [-0.39, 0.29) is 25.9 Å². The van der Waals surface area contributed by atoms with E-state index in [1.165, 1.54) is 6.07 Å². The summed E-state index contributed by atoms with van der Waals surface area (Å²) in [6.07, 6.45) is 3.53. The second-order valence-corrected chi connectivity index (χ2v) is 10.1. The maximum absolute atomic E-state index is 15.1. The number of aromatic nitrogens is 2. The Bertz CT molecular complexity index is 2110. The number of nitrogens with zero attached hydrogens (tertiary/aromatic N) is 2. The summed E-state index contributed by atoms with van der Waals surface area (Å²) in [4.78, 5) is 8.66. The van der Waals surface area contributed by atoms with Gasteiger partial charge in [0, 0.05) is 37.9 Å². The van der Waals surface area contributed by atoms with Crippen LogP contribution in [0.2, 0.25) is 0 Å². The van der Waals surface area contributed by atoms with Crippen LogP contribution in [0.25, 0.3) is 66.7 Å². The van der Waals surface area contributed by atoms with Crippen LogP contribution in [0.1, 0.15) is 0 Å². The van der Waals surface area contributed by atoms with E-state index in [9.17, 15) is 0 Å². The average molecular weight is 761 g/mol. The van der Waals surface area contributed by atoms with E-state index in [1.807, 2.05) is 115 Å². The summed E-state index contributed by atoms with van der Waals surface area (Å²) in [7, 11) is 0. The Hall–Kier alpha value is -5.22. The van der Waals surface area contributed by atoms with Gasteiger partial charge in [-0.2, -0.15) is 0 Å². The molecular formula is C40H25FIrN2O-2. The minimum absolute atomic E-state index is 0. The smallest absolute Gasteiger partial charge is 0.134 e. The number of hydrogen-bond acceptors (Lipinski definition) is 3. The fourth-order valence-corrected chi connectivity index (χ4v) is 5.29. The molecule has 1 radical (unpaired) electrons. The van der Waals surface area contributed by atoms with Gasteiger partial charge in [-0.1, -0.05) is 89.8 Å². The van der Waals surface area contributed by atoms with Gasteiger partial charge in [-0.3, -0.25) is 0 Å². The number of benzene rings is 5. The third-order valence-corrected chi connectivity index (χ3v) is 7.40. The van der Waals surface area contributed by atoms with Crippen molar-refractivity contribution in [3.63, 3.8) is 0 Å². The molecule has 0 spiro atoms. The second-order valence-electron chi connectivity index (χ2n) is 10.1. The predicted octanol–water partition coefficient (Wildman–Crippen LogP) is 10.5. The molecular weight excluding hydrogens is 736 g/mol. The van der Waals surface area contributed by atoms with Crippen molar-refractivity contribution in [3.8, 4) is 44.8 Å². The Morgan fingerprint density at radius 2 is 1.16 bits per heavy atom. The first-order valence-electron chi connectivity index (χ1n) is 14.3. The van der Waals surface area contributed by atoms with E-state index in [0.717, 1.165) is 50.0 Å². The molecule has 0 aliphatic heterocycles. The van der Waals surface area contributed by atoms with Gasteiger partial charge in [0.2, 0.25) is 0 Å². The number of pyridine rings is 2. The first-order valence-corrected chi connectivity index (χ1v) is 14.3. The molecule has 0 amide bonds. The largest absolute Gasteiger partial charge is 0.500 e. The van der Waals surface area contributed by atoms with Gasteiger partial charge in [0.05, 0.1) is 11.1 Å². The van der Waals surface area contributed by atoms with Gasteiger partial charge in [0.25, 0.3) is 0 Å². The summed E-state index contributed by atoms with van der Waals surface area (Å²) in [6, 6.07) is 50.9. The summed E-state index contributed by atoms with van der Waals surface area (Å²) in [5, 5.41) is 1.79. The summed E-state index contributed by atoms with van der Waals surface area (Å²) in [6.45, 7) is 0. The van der Waals surface area contributed by atoms with Gasteiger partial charge < -0.3 is 14.4 Å². The van der Waals surface area contributed by atoms with Crippen molar-refractivity contribution in [2.45, 2.75) is 0 Å². The van der Waals surface area contributed by atoms with Crippen molar-refractivity contribution in [2.24, 2.45) is 0 Å². The number of fused-ring (bicyclic) bond motifs is 3. The van der Waals surface area contributed by atoms with E-state index < -0.39 is 0 Å². The minimum atomic E-state index is -0.313. The van der Waals surface area contributed by atoms with Gasteiger partial charge in [0.1, 0.15) is 11.4 Å². The van der Waals surface area contributed by atoms with Gasteiger partial charge in [-0.15, -0.1) is 54.1 Å². The summed E-state index contributed by atoms with van der Waals surface area (Å²) >= 11 is 0. The van der Waals surface area contributed by atoms with Crippen LogP contribution >= 0.6 is 0 Å². The van der Waals surface area contributed by atoms with Crippen LogP contribution in [0.5, 0.6) is 0 Å². The molecule has 0 bridgehead atoms. The molecule has 219 valence electrons. The van der Waals surface area contributed by atoms with E-state index >= 15 is 4.39 Å². The molecule has 0 saturated carbocycles. The van der Waals surface area contributed by atoms with Crippen molar-refractivity contribution in [1.82, 2.24) is 9.97 Å². The van der Waals surface area contributed by atoms with Gasteiger partial charge in [-0.25, -0.2) is 4.39 Å². The molecule has 3 nitrogen and oxygen atoms in total. The first-order chi connectivity index (χ1) is 21.8. The molecule has 0 fully saturated rings. The molecule has 0 atom stereocenters. The van der Waals surface area contributed by atoms with Crippen LogP contribution in [0.4, 0.5) is 4.39 Å². The maximum Gasteiger partial charge on any atom is 0.134 e. The van der Waals surface area contributed by atoms with Gasteiger partial charge >= 0.3 is 0 Å². The van der Waals surface area contributed by atoms with Crippen LogP contribution in [0.15, 0.2) is 156 Å². The van der Waals surface area contributed by atoms with Crippen molar-refractivity contribution in [2.75, 3.05) is 0 Å². The Kier molecular flexibility index (Phi) is 9.02. The SMILES string of the molecule is Fc1ccc2c(oc3c(-c4ccccn4)[c-]ccc32)c1-c1ccc(-c2ccccc2)cc1.[Ir].[c-]1ccccc1-c1ccccn1. The summed E-state index contributed by atoms with van der Waals surface area (Å²) in [5.74, 6) is -0.313. The van der Waals surface area contributed by atoms with Crippen molar-refractivity contribution in [3.05, 3.63) is 170 Å². The fourth-order valence-electron chi connectivity index (χ4n) is 5.29. The van der Waals surface area contributed by atoms with Crippen LogP contribution in [-0.4, -0.2) is 9.97 Å². The molecule has 0 aliphatic carbocycles. The molecule has 45 heavy (non-hydrogen) atoms. The molecule has 3 heterocycles. The fraction of sp³-hybridized carbons (Fsp3) is 0. The number of rotatable bonds is 4. The Morgan fingerprint density at radius 3 is 1.84 bits per heavy atom. The standard InChI is InChI=1S/C29H17FNO.C11H8N.Ir/c30-25-17-16-23-22-9-6-10-24(26-11-4-5-18-31-26)28(22)32-29(23)27(25)21-14-12-20(13-15-21)19-7-2-1-3-8-19;1-2-6-10(7-3-1)11-8-4-5-9-12-11;/h1-9,11-18H;1-6,8-9H;/q2*-1;. The zero-order valence-electron chi connectivity index (χ0n) is 23.9.